The van der Waals surface area contributed by atoms with Crippen molar-refractivity contribution in [2.24, 2.45) is 5.73 Å². The van der Waals surface area contributed by atoms with E-state index in [9.17, 15) is 0 Å². The molecule has 0 radical (unpaired) electrons. The molecule has 1 atom stereocenters. The van der Waals surface area contributed by atoms with Crippen LogP contribution >= 0.6 is 15.9 Å². The second-order valence-corrected chi connectivity index (χ2v) is 6.02. The van der Waals surface area contributed by atoms with Gasteiger partial charge in [0.15, 0.2) is 5.75 Å². The second-order valence-electron chi connectivity index (χ2n) is 5.17. The zero-order valence-corrected chi connectivity index (χ0v) is 14.1. The van der Waals surface area contributed by atoms with E-state index in [1.165, 1.54) is 5.56 Å². The third-order valence-electron chi connectivity index (χ3n) is 3.33. The Morgan fingerprint density at radius 3 is 2.81 bits per heavy atom. The number of benzene rings is 1. The van der Waals surface area contributed by atoms with E-state index in [1.54, 1.807) is 6.20 Å². The summed E-state index contributed by atoms with van der Waals surface area (Å²) in [5.41, 5.74) is 7.21. The highest BCUT2D eigenvalue weighted by atomic mass is 79.9. The van der Waals surface area contributed by atoms with Gasteiger partial charge in [0, 0.05) is 17.1 Å². The number of nitrogens with zero attached hydrogens (tertiary/aromatic N) is 2. The van der Waals surface area contributed by atoms with Crippen molar-refractivity contribution in [1.29, 1.82) is 0 Å². The molecule has 0 fully saturated rings. The van der Waals surface area contributed by atoms with Gasteiger partial charge in [-0.15, -0.1) is 0 Å². The molecule has 1 aromatic heterocycles. The Labute approximate surface area is 134 Å². The summed E-state index contributed by atoms with van der Waals surface area (Å²) >= 11 is 3.59. The van der Waals surface area contributed by atoms with Crippen LogP contribution in [0.5, 0.6) is 11.5 Å². The minimum absolute atomic E-state index is 0.195. The smallest absolute Gasteiger partial charge is 0.165 e. The highest BCUT2D eigenvalue weighted by Crippen LogP contribution is 2.27. The molecule has 1 unspecified atom stereocenters. The van der Waals surface area contributed by atoms with Crippen molar-refractivity contribution in [2.75, 3.05) is 0 Å². The summed E-state index contributed by atoms with van der Waals surface area (Å²) < 4.78 is 8.75. The first-order valence-electron chi connectivity index (χ1n) is 7.36. The molecule has 0 spiro atoms. The summed E-state index contributed by atoms with van der Waals surface area (Å²) in [6.45, 7) is 5.13. The molecule has 0 aliphatic carbocycles. The van der Waals surface area contributed by atoms with Crippen LogP contribution in [0.1, 0.15) is 32.3 Å². The van der Waals surface area contributed by atoms with Crippen LogP contribution in [0, 0.1) is 0 Å². The molecule has 0 aliphatic heterocycles. The summed E-state index contributed by atoms with van der Waals surface area (Å²) in [4.78, 5) is 0. The third-order valence-corrected chi connectivity index (χ3v) is 4.07. The van der Waals surface area contributed by atoms with Crippen LogP contribution in [0.4, 0.5) is 0 Å². The Kier molecular flexibility index (Phi) is 5.82. The van der Waals surface area contributed by atoms with E-state index in [0.29, 0.717) is 0 Å². The molecule has 5 heteroatoms. The number of hydrogen-bond acceptors (Lipinski definition) is 3. The van der Waals surface area contributed by atoms with E-state index >= 15 is 0 Å². The van der Waals surface area contributed by atoms with E-state index in [1.807, 2.05) is 23.0 Å². The highest BCUT2D eigenvalue weighted by molar-refractivity contribution is 9.10. The maximum absolute atomic E-state index is 6.00. The van der Waals surface area contributed by atoms with Crippen LogP contribution in [-0.4, -0.2) is 15.8 Å². The zero-order chi connectivity index (χ0) is 15.2. The van der Waals surface area contributed by atoms with Crippen LogP contribution < -0.4 is 10.5 Å². The quantitative estimate of drug-likeness (QED) is 0.815. The van der Waals surface area contributed by atoms with Crippen molar-refractivity contribution >= 4 is 15.9 Å². The maximum Gasteiger partial charge on any atom is 0.165 e. The zero-order valence-electron chi connectivity index (χ0n) is 12.6. The van der Waals surface area contributed by atoms with Crippen LogP contribution in [0.15, 0.2) is 35.1 Å². The number of aromatic nitrogens is 2. The van der Waals surface area contributed by atoms with Gasteiger partial charge in [-0.05, 0) is 37.0 Å². The van der Waals surface area contributed by atoms with E-state index < -0.39 is 0 Å². The van der Waals surface area contributed by atoms with Gasteiger partial charge in [-0.25, -0.2) is 0 Å². The van der Waals surface area contributed by atoms with E-state index in [2.05, 4.69) is 40.9 Å². The molecule has 4 nitrogen and oxygen atoms in total. The minimum atomic E-state index is 0.195. The first kappa shape index (κ1) is 16.0. The Morgan fingerprint density at radius 2 is 2.14 bits per heavy atom. The number of ether oxygens (including phenoxy) is 1. The Morgan fingerprint density at radius 1 is 1.33 bits per heavy atom. The fraction of sp³-hybridized carbons (Fsp3) is 0.438. The topological polar surface area (TPSA) is 53.1 Å². The van der Waals surface area contributed by atoms with Gasteiger partial charge in [0.2, 0.25) is 0 Å². The molecule has 0 bridgehead atoms. The Hall–Kier alpha value is -1.33. The molecule has 2 rings (SSSR count). The molecule has 1 aromatic carbocycles. The summed E-state index contributed by atoms with van der Waals surface area (Å²) in [5.74, 6) is 1.56. The lowest BCUT2D eigenvalue weighted by Gasteiger charge is -2.11. The lowest BCUT2D eigenvalue weighted by atomic mass is 10.0. The van der Waals surface area contributed by atoms with Crippen molar-refractivity contribution in [2.45, 2.75) is 45.7 Å². The summed E-state index contributed by atoms with van der Waals surface area (Å²) in [6, 6.07) is 6.21. The first-order chi connectivity index (χ1) is 10.1. The van der Waals surface area contributed by atoms with Crippen molar-refractivity contribution in [1.82, 2.24) is 9.78 Å². The molecular formula is C16H22BrN3O. The number of halogens is 1. The van der Waals surface area contributed by atoms with Gasteiger partial charge in [0.25, 0.3) is 0 Å². The molecule has 2 N–H and O–H groups in total. The fourth-order valence-corrected chi connectivity index (χ4v) is 2.59. The first-order valence-corrected chi connectivity index (χ1v) is 8.16. The lowest BCUT2D eigenvalue weighted by Crippen LogP contribution is -2.21. The summed E-state index contributed by atoms with van der Waals surface area (Å²) in [5, 5.41) is 4.26. The van der Waals surface area contributed by atoms with Gasteiger partial charge in [-0.2, -0.15) is 5.10 Å². The molecule has 0 aliphatic rings. The standard InChI is InChI=1S/C16H22BrN3O/c1-3-7-20-11-15(10-19-20)21-14-6-5-12(16(17)9-14)8-13(18)4-2/h5-6,9-11,13H,3-4,7-8,18H2,1-2H3. The van der Waals surface area contributed by atoms with Gasteiger partial charge < -0.3 is 10.5 Å². The van der Waals surface area contributed by atoms with Crippen molar-refractivity contribution < 1.29 is 4.74 Å². The van der Waals surface area contributed by atoms with E-state index in [0.717, 1.165) is 41.8 Å². The van der Waals surface area contributed by atoms with Crippen LogP contribution in [0.25, 0.3) is 0 Å². The van der Waals surface area contributed by atoms with E-state index in [4.69, 9.17) is 10.5 Å². The van der Waals surface area contributed by atoms with Gasteiger partial charge in [-0.3, -0.25) is 4.68 Å². The highest BCUT2D eigenvalue weighted by Gasteiger charge is 2.08. The van der Waals surface area contributed by atoms with Gasteiger partial charge in [0.05, 0.1) is 12.4 Å². The predicted octanol–water partition coefficient (Wildman–Crippen LogP) is 4.13. The third kappa shape index (κ3) is 4.58. The molecular weight excluding hydrogens is 330 g/mol. The number of nitrogens with two attached hydrogens (primary N) is 1. The largest absolute Gasteiger partial charge is 0.454 e. The second kappa shape index (κ2) is 7.61. The van der Waals surface area contributed by atoms with Gasteiger partial charge in [0.1, 0.15) is 5.75 Å². The monoisotopic (exact) mass is 351 g/mol. The lowest BCUT2D eigenvalue weighted by molar-refractivity contribution is 0.480. The van der Waals surface area contributed by atoms with Crippen molar-refractivity contribution in [3.63, 3.8) is 0 Å². The fourth-order valence-electron chi connectivity index (χ4n) is 2.07. The van der Waals surface area contributed by atoms with E-state index in [-0.39, 0.29) is 6.04 Å². The van der Waals surface area contributed by atoms with Gasteiger partial charge in [-0.1, -0.05) is 35.8 Å². The molecule has 0 saturated heterocycles. The van der Waals surface area contributed by atoms with Crippen molar-refractivity contribution in [3.05, 3.63) is 40.6 Å². The molecule has 2 aromatic rings. The average molecular weight is 352 g/mol. The molecule has 114 valence electrons. The molecule has 0 amide bonds. The Bertz CT molecular complexity index is 583. The van der Waals surface area contributed by atoms with Crippen LogP contribution in [-0.2, 0) is 13.0 Å². The average Bonchev–Trinajstić information content (AvgIpc) is 2.89. The molecule has 0 saturated carbocycles. The maximum atomic E-state index is 6.00. The normalized spacial score (nSPS) is 12.4. The number of rotatable bonds is 7. The van der Waals surface area contributed by atoms with Crippen molar-refractivity contribution in [3.8, 4) is 11.5 Å². The predicted molar refractivity (Wildman–Crippen MR) is 88.7 cm³/mol. The Balaban J connectivity index is 2.05. The van der Waals surface area contributed by atoms with Gasteiger partial charge >= 0.3 is 0 Å². The molecule has 21 heavy (non-hydrogen) atoms. The minimum Gasteiger partial charge on any atom is -0.454 e. The number of aryl methyl sites for hydroxylation is 1. The summed E-state index contributed by atoms with van der Waals surface area (Å²) in [7, 11) is 0. The number of hydrogen-bond donors (Lipinski definition) is 1. The molecule has 1 heterocycles. The van der Waals surface area contributed by atoms with Crippen LogP contribution in [0.2, 0.25) is 0 Å². The van der Waals surface area contributed by atoms with Crippen LogP contribution in [0.3, 0.4) is 0 Å². The SMILES string of the molecule is CCCn1cc(Oc2ccc(CC(N)CC)c(Br)c2)cn1. The summed E-state index contributed by atoms with van der Waals surface area (Å²) in [6.07, 6.45) is 6.55.